The third-order valence-electron chi connectivity index (χ3n) is 9.38. The van der Waals surface area contributed by atoms with Crippen molar-refractivity contribution in [2.45, 2.75) is 53.5 Å². The number of ether oxygens (including phenoxy) is 2. The zero-order valence-electron chi connectivity index (χ0n) is 24.6. The number of fused-ring (bicyclic) bond motifs is 3. The first kappa shape index (κ1) is 27.2. The monoisotopic (exact) mass is 550 g/mol. The Hall–Kier alpha value is -4.00. The number of benzene rings is 2. The summed E-state index contributed by atoms with van der Waals surface area (Å²) in [5.74, 6) is 2.44. The number of para-hydroxylation sites is 2. The standard InChI is InChI=1S/C34H38N4O3/c1-33(2,20-38-28-15-7-6-13-25(28)37-32(38)26-14-8-9-16-35-26)34(3,4)21-41-30-18-27-24(17-29(30)40-5)31(39)23-12-10-11-22(23)19-36-27/h6-9,13-19,22-23H,10-12,20-21H2,1-5H3. The molecular formula is C34H38N4O3. The molecule has 2 aliphatic rings. The maximum Gasteiger partial charge on any atom is 0.168 e. The van der Waals surface area contributed by atoms with Gasteiger partial charge in [-0.3, -0.25) is 14.8 Å². The van der Waals surface area contributed by atoms with Crippen LogP contribution in [0.15, 0.2) is 65.8 Å². The minimum absolute atomic E-state index is 0.0199. The molecule has 0 spiro atoms. The van der Waals surface area contributed by atoms with Gasteiger partial charge in [-0.2, -0.15) is 0 Å². The summed E-state index contributed by atoms with van der Waals surface area (Å²) in [6, 6.07) is 17.8. The summed E-state index contributed by atoms with van der Waals surface area (Å²) in [6.07, 6.45) is 6.79. The van der Waals surface area contributed by atoms with E-state index in [1.165, 1.54) is 0 Å². The van der Waals surface area contributed by atoms with E-state index in [0.29, 0.717) is 29.4 Å². The first-order chi connectivity index (χ1) is 19.7. The number of hydrogen-bond acceptors (Lipinski definition) is 6. The van der Waals surface area contributed by atoms with Crippen molar-refractivity contribution in [3.8, 4) is 23.0 Å². The summed E-state index contributed by atoms with van der Waals surface area (Å²) in [6.45, 7) is 10.2. The second-order valence-corrected chi connectivity index (χ2v) is 12.6. The molecule has 0 radical (unpaired) electrons. The first-order valence-corrected chi connectivity index (χ1v) is 14.5. The molecule has 2 aromatic heterocycles. The fourth-order valence-electron chi connectivity index (χ4n) is 5.98. The first-order valence-electron chi connectivity index (χ1n) is 14.5. The van der Waals surface area contributed by atoms with Gasteiger partial charge in [0, 0.05) is 47.8 Å². The number of carbonyl (C=O) groups excluding carboxylic acids is 1. The molecule has 2 aromatic carbocycles. The van der Waals surface area contributed by atoms with Crippen LogP contribution in [-0.2, 0) is 6.54 Å². The lowest BCUT2D eigenvalue weighted by Crippen LogP contribution is -2.41. The maximum atomic E-state index is 13.3. The molecule has 1 saturated carbocycles. The molecule has 7 nitrogen and oxygen atoms in total. The van der Waals surface area contributed by atoms with Crippen molar-refractivity contribution in [2.75, 3.05) is 13.7 Å². The number of aromatic nitrogens is 3. The highest BCUT2D eigenvalue weighted by molar-refractivity contribution is 6.06. The van der Waals surface area contributed by atoms with E-state index in [0.717, 1.165) is 48.4 Å². The number of ketones is 1. The van der Waals surface area contributed by atoms with Gasteiger partial charge in [-0.1, -0.05) is 52.3 Å². The number of rotatable bonds is 8. The number of imidazole rings is 1. The Morgan fingerprint density at radius 1 is 0.976 bits per heavy atom. The normalized spacial score (nSPS) is 18.7. The fourth-order valence-corrected chi connectivity index (χ4v) is 5.98. The van der Waals surface area contributed by atoms with Crippen LogP contribution in [0.1, 0.15) is 57.3 Å². The van der Waals surface area contributed by atoms with E-state index in [4.69, 9.17) is 19.5 Å². The molecule has 1 aliphatic carbocycles. The summed E-state index contributed by atoms with van der Waals surface area (Å²) in [7, 11) is 1.62. The summed E-state index contributed by atoms with van der Waals surface area (Å²) in [5.41, 5.74) is 3.72. The quantitative estimate of drug-likeness (QED) is 0.226. The average molecular weight is 551 g/mol. The van der Waals surface area contributed by atoms with E-state index >= 15 is 0 Å². The molecule has 41 heavy (non-hydrogen) atoms. The van der Waals surface area contributed by atoms with Crippen LogP contribution < -0.4 is 9.47 Å². The zero-order valence-corrected chi connectivity index (χ0v) is 24.6. The highest BCUT2D eigenvalue weighted by atomic mass is 16.5. The molecule has 7 heteroatoms. The van der Waals surface area contributed by atoms with Crippen LogP contribution in [0.2, 0.25) is 0 Å². The molecular weight excluding hydrogens is 512 g/mol. The second-order valence-electron chi connectivity index (χ2n) is 12.6. The molecule has 2 atom stereocenters. The van der Waals surface area contributed by atoms with Crippen molar-refractivity contribution >= 4 is 28.7 Å². The molecule has 1 aliphatic heterocycles. The Morgan fingerprint density at radius 3 is 2.56 bits per heavy atom. The van der Waals surface area contributed by atoms with Gasteiger partial charge in [-0.05, 0) is 48.6 Å². The van der Waals surface area contributed by atoms with Crippen LogP contribution in [-0.4, -0.2) is 40.2 Å². The van der Waals surface area contributed by atoms with Crippen LogP contribution in [0.5, 0.6) is 11.5 Å². The van der Waals surface area contributed by atoms with E-state index in [2.05, 4.69) is 49.4 Å². The number of pyridine rings is 1. The van der Waals surface area contributed by atoms with Crippen LogP contribution in [0.3, 0.4) is 0 Å². The maximum absolute atomic E-state index is 13.3. The molecule has 4 aromatic rings. The molecule has 1 fully saturated rings. The van der Waals surface area contributed by atoms with E-state index in [1.54, 1.807) is 13.3 Å². The Morgan fingerprint density at radius 2 is 1.78 bits per heavy atom. The lowest BCUT2D eigenvalue weighted by atomic mass is 9.68. The van der Waals surface area contributed by atoms with Crippen molar-refractivity contribution in [3.05, 3.63) is 66.4 Å². The third kappa shape index (κ3) is 4.92. The van der Waals surface area contributed by atoms with Crippen molar-refractivity contribution in [1.82, 2.24) is 14.5 Å². The molecule has 6 rings (SSSR count). The Bertz CT molecular complexity index is 1620. The lowest BCUT2D eigenvalue weighted by Gasteiger charge is -2.42. The molecule has 212 valence electrons. The smallest absolute Gasteiger partial charge is 0.168 e. The van der Waals surface area contributed by atoms with Gasteiger partial charge >= 0.3 is 0 Å². The van der Waals surface area contributed by atoms with Crippen molar-refractivity contribution in [1.29, 1.82) is 0 Å². The third-order valence-corrected chi connectivity index (χ3v) is 9.38. The molecule has 0 bridgehead atoms. The van der Waals surface area contributed by atoms with E-state index < -0.39 is 0 Å². The van der Waals surface area contributed by atoms with E-state index in [1.807, 2.05) is 48.7 Å². The second kappa shape index (κ2) is 10.4. The summed E-state index contributed by atoms with van der Waals surface area (Å²) < 4.78 is 14.5. The zero-order chi connectivity index (χ0) is 28.8. The molecule has 0 amide bonds. The Kier molecular flexibility index (Phi) is 6.92. The number of Topliss-reactive ketones (excluding diaryl/α,β-unsaturated/α-hetero) is 1. The van der Waals surface area contributed by atoms with Crippen molar-refractivity contribution in [3.63, 3.8) is 0 Å². The average Bonchev–Trinajstić information content (AvgIpc) is 3.56. The van der Waals surface area contributed by atoms with Gasteiger partial charge in [0.25, 0.3) is 0 Å². The van der Waals surface area contributed by atoms with Crippen LogP contribution in [0, 0.1) is 22.7 Å². The summed E-state index contributed by atoms with van der Waals surface area (Å²) >= 11 is 0. The van der Waals surface area contributed by atoms with Crippen LogP contribution in [0.4, 0.5) is 5.69 Å². The number of aliphatic imine (C=N–C) groups is 1. The van der Waals surface area contributed by atoms with Gasteiger partial charge in [0.2, 0.25) is 0 Å². The van der Waals surface area contributed by atoms with E-state index in [-0.39, 0.29) is 28.4 Å². The molecule has 0 N–H and O–H groups in total. The van der Waals surface area contributed by atoms with Gasteiger partial charge in [-0.25, -0.2) is 4.98 Å². The topological polar surface area (TPSA) is 78.6 Å². The van der Waals surface area contributed by atoms with Gasteiger partial charge in [-0.15, -0.1) is 0 Å². The van der Waals surface area contributed by atoms with Crippen molar-refractivity contribution < 1.29 is 14.3 Å². The Balaban J connectivity index is 1.28. The lowest BCUT2D eigenvalue weighted by molar-refractivity contribution is 0.0345. The highest BCUT2D eigenvalue weighted by Crippen LogP contribution is 2.45. The van der Waals surface area contributed by atoms with Crippen LogP contribution in [0.25, 0.3) is 22.6 Å². The Labute approximate surface area is 241 Å². The van der Waals surface area contributed by atoms with Gasteiger partial charge in [0.15, 0.2) is 23.1 Å². The SMILES string of the molecule is COc1cc2c(cc1OCC(C)(C)C(C)(C)Cn1c(-c3ccccn3)nc3ccccc31)N=CC1CCCC1C2=O. The number of methoxy groups -OCH3 is 1. The predicted octanol–water partition coefficient (Wildman–Crippen LogP) is 7.55. The minimum Gasteiger partial charge on any atom is -0.493 e. The van der Waals surface area contributed by atoms with Gasteiger partial charge < -0.3 is 14.0 Å². The van der Waals surface area contributed by atoms with Crippen LogP contribution >= 0.6 is 0 Å². The highest BCUT2D eigenvalue weighted by Gasteiger charge is 2.40. The van der Waals surface area contributed by atoms with Gasteiger partial charge in [0.1, 0.15) is 5.69 Å². The summed E-state index contributed by atoms with van der Waals surface area (Å²) in [4.78, 5) is 27.6. The predicted molar refractivity (Wildman–Crippen MR) is 162 cm³/mol. The largest absolute Gasteiger partial charge is 0.493 e. The number of hydrogen-bond donors (Lipinski definition) is 0. The number of nitrogens with zero attached hydrogens (tertiary/aromatic N) is 4. The van der Waals surface area contributed by atoms with E-state index in [9.17, 15) is 4.79 Å². The number of carbonyl (C=O) groups is 1. The minimum atomic E-state index is -0.256. The molecule has 2 unspecified atom stereocenters. The molecule has 3 heterocycles. The van der Waals surface area contributed by atoms with Crippen molar-refractivity contribution in [2.24, 2.45) is 27.7 Å². The fraction of sp³-hybridized carbons (Fsp3) is 0.412. The molecule has 0 saturated heterocycles. The summed E-state index contributed by atoms with van der Waals surface area (Å²) in [5, 5.41) is 0. The van der Waals surface area contributed by atoms with Gasteiger partial charge in [0.05, 0.1) is 30.4 Å².